The van der Waals surface area contributed by atoms with Crippen molar-refractivity contribution in [2.24, 2.45) is 0 Å². The van der Waals surface area contributed by atoms with Gasteiger partial charge in [-0.1, -0.05) is 15.9 Å². The monoisotopic (exact) mass is 330 g/mol. The molecule has 18 heavy (non-hydrogen) atoms. The van der Waals surface area contributed by atoms with Crippen LogP contribution in [0.15, 0.2) is 22.7 Å². The Kier molecular flexibility index (Phi) is 4.40. The smallest absolute Gasteiger partial charge is 0.253 e. The predicted molar refractivity (Wildman–Crippen MR) is 76.9 cm³/mol. The number of carbonyl (C=O) groups excluding carboxylic acids is 1. The first-order valence-electron chi connectivity index (χ1n) is 5.77. The molecule has 1 fully saturated rings. The minimum absolute atomic E-state index is 0.109. The number of anilines is 1. The van der Waals surface area contributed by atoms with E-state index in [-0.39, 0.29) is 11.9 Å². The summed E-state index contributed by atoms with van der Waals surface area (Å²) < 4.78 is 12.1. The molecule has 1 heterocycles. The molecule has 0 saturated carbocycles. The molecule has 1 aromatic carbocycles. The van der Waals surface area contributed by atoms with Gasteiger partial charge in [0.1, 0.15) is 0 Å². The third kappa shape index (κ3) is 3.32. The molecule has 1 aliphatic rings. The SMILES string of the molecule is Nc1cc(Br)ccc1C(=O)NC1CCS(=O)CC1. The molecule has 1 amide bonds. The molecule has 2 rings (SSSR count). The van der Waals surface area contributed by atoms with Crippen LogP contribution in [0.2, 0.25) is 0 Å². The Hall–Kier alpha value is -0.880. The number of hydrogen-bond donors (Lipinski definition) is 2. The highest BCUT2D eigenvalue weighted by Gasteiger charge is 2.20. The molecule has 98 valence electrons. The third-order valence-corrected chi connectivity index (χ3v) is 4.86. The maximum Gasteiger partial charge on any atom is 0.253 e. The van der Waals surface area contributed by atoms with Gasteiger partial charge in [0.25, 0.3) is 5.91 Å². The molecule has 1 aliphatic heterocycles. The number of nitrogens with one attached hydrogen (secondary N) is 1. The lowest BCUT2D eigenvalue weighted by atomic mass is 10.1. The van der Waals surface area contributed by atoms with E-state index < -0.39 is 10.8 Å². The van der Waals surface area contributed by atoms with Gasteiger partial charge in [0, 0.05) is 38.5 Å². The van der Waals surface area contributed by atoms with Gasteiger partial charge in [0.05, 0.1) is 5.56 Å². The highest BCUT2D eigenvalue weighted by Crippen LogP contribution is 2.19. The van der Waals surface area contributed by atoms with E-state index in [0.29, 0.717) is 22.8 Å². The molecular weight excluding hydrogens is 316 g/mol. The molecule has 0 aromatic heterocycles. The number of halogens is 1. The predicted octanol–water partition coefficient (Wildman–Crippen LogP) is 1.67. The molecule has 3 N–H and O–H groups in total. The van der Waals surface area contributed by atoms with Crippen LogP contribution >= 0.6 is 15.9 Å². The van der Waals surface area contributed by atoms with Crippen LogP contribution in [-0.4, -0.2) is 27.7 Å². The highest BCUT2D eigenvalue weighted by molar-refractivity contribution is 9.10. The van der Waals surface area contributed by atoms with Gasteiger partial charge < -0.3 is 11.1 Å². The van der Waals surface area contributed by atoms with Gasteiger partial charge in [0.2, 0.25) is 0 Å². The molecule has 0 radical (unpaired) electrons. The summed E-state index contributed by atoms with van der Waals surface area (Å²) in [5, 5.41) is 2.95. The fourth-order valence-corrected chi connectivity index (χ4v) is 3.62. The largest absolute Gasteiger partial charge is 0.398 e. The quantitative estimate of drug-likeness (QED) is 0.810. The Morgan fingerprint density at radius 3 is 2.67 bits per heavy atom. The Balaban J connectivity index is 2.01. The van der Waals surface area contributed by atoms with Gasteiger partial charge in [-0.3, -0.25) is 9.00 Å². The van der Waals surface area contributed by atoms with Gasteiger partial charge in [-0.05, 0) is 31.0 Å². The van der Waals surface area contributed by atoms with Gasteiger partial charge >= 0.3 is 0 Å². The molecule has 6 heteroatoms. The summed E-state index contributed by atoms with van der Waals surface area (Å²) >= 11 is 3.30. The fraction of sp³-hybridized carbons (Fsp3) is 0.417. The minimum atomic E-state index is -0.710. The molecule has 1 saturated heterocycles. The Bertz CT molecular complexity index is 483. The van der Waals surface area contributed by atoms with Crippen LogP contribution in [0.5, 0.6) is 0 Å². The summed E-state index contributed by atoms with van der Waals surface area (Å²) in [4.78, 5) is 12.0. The second-order valence-corrected chi connectivity index (χ2v) is 6.94. The van der Waals surface area contributed by atoms with Crippen LogP contribution in [-0.2, 0) is 10.8 Å². The lowest BCUT2D eigenvalue weighted by molar-refractivity contribution is 0.0935. The molecule has 4 nitrogen and oxygen atoms in total. The maximum absolute atomic E-state index is 12.0. The zero-order valence-electron chi connectivity index (χ0n) is 9.82. The zero-order valence-corrected chi connectivity index (χ0v) is 12.2. The number of nitrogens with two attached hydrogens (primary N) is 1. The van der Waals surface area contributed by atoms with E-state index in [1.165, 1.54) is 0 Å². The first-order valence-corrected chi connectivity index (χ1v) is 8.05. The molecule has 0 aliphatic carbocycles. The fourth-order valence-electron chi connectivity index (χ4n) is 1.94. The standard InChI is InChI=1S/C12H15BrN2O2S/c13-8-1-2-10(11(14)7-8)12(16)15-9-3-5-18(17)6-4-9/h1-2,7,9H,3-6,14H2,(H,15,16). The van der Waals surface area contributed by atoms with Crippen molar-refractivity contribution in [3.63, 3.8) is 0 Å². The molecule has 0 spiro atoms. The number of rotatable bonds is 2. The van der Waals surface area contributed by atoms with E-state index >= 15 is 0 Å². The summed E-state index contributed by atoms with van der Waals surface area (Å²) in [6.07, 6.45) is 1.55. The van der Waals surface area contributed by atoms with Crippen molar-refractivity contribution in [1.29, 1.82) is 0 Å². The molecule has 0 bridgehead atoms. The maximum atomic E-state index is 12.0. The normalized spacial score (nSPS) is 23.6. The average molecular weight is 331 g/mol. The van der Waals surface area contributed by atoms with Gasteiger partial charge in [-0.2, -0.15) is 0 Å². The molecule has 0 atom stereocenters. The van der Waals surface area contributed by atoms with Gasteiger partial charge in [-0.25, -0.2) is 0 Å². The van der Waals surface area contributed by atoms with Crippen molar-refractivity contribution in [1.82, 2.24) is 5.32 Å². The third-order valence-electron chi connectivity index (χ3n) is 2.98. The molecular formula is C12H15BrN2O2S. The van der Waals surface area contributed by atoms with E-state index in [9.17, 15) is 9.00 Å². The van der Waals surface area contributed by atoms with Crippen LogP contribution in [0.4, 0.5) is 5.69 Å². The molecule has 1 aromatic rings. The topological polar surface area (TPSA) is 72.2 Å². The van der Waals surface area contributed by atoms with Gasteiger partial charge in [-0.15, -0.1) is 0 Å². The Morgan fingerprint density at radius 1 is 1.39 bits per heavy atom. The second kappa shape index (κ2) is 5.84. The van der Waals surface area contributed by atoms with Crippen LogP contribution in [0, 0.1) is 0 Å². The van der Waals surface area contributed by atoms with Crippen molar-refractivity contribution >= 4 is 38.3 Å². The summed E-state index contributed by atoms with van der Waals surface area (Å²) in [6.45, 7) is 0. The Morgan fingerprint density at radius 2 is 2.06 bits per heavy atom. The zero-order chi connectivity index (χ0) is 13.1. The van der Waals surface area contributed by atoms with Crippen molar-refractivity contribution in [2.45, 2.75) is 18.9 Å². The van der Waals surface area contributed by atoms with Crippen LogP contribution in [0.1, 0.15) is 23.2 Å². The lowest BCUT2D eigenvalue weighted by Gasteiger charge is -2.22. The van der Waals surface area contributed by atoms with Crippen LogP contribution < -0.4 is 11.1 Å². The number of hydrogen-bond acceptors (Lipinski definition) is 3. The number of amides is 1. The minimum Gasteiger partial charge on any atom is -0.398 e. The van der Waals surface area contributed by atoms with Crippen molar-refractivity contribution < 1.29 is 9.00 Å². The molecule has 0 unspecified atom stereocenters. The van der Waals surface area contributed by atoms with E-state index in [2.05, 4.69) is 21.2 Å². The van der Waals surface area contributed by atoms with Crippen molar-refractivity contribution in [3.8, 4) is 0 Å². The summed E-state index contributed by atoms with van der Waals surface area (Å²) in [6, 6.07) is 5.32. The van der Waals surface area contributed by atoms with Crippen molar-refractivity contribution in [3.05, 3.63) is 28.2 Å². The first-order chi connectivity index (χ1) is 8.56. The van der Waals surface area contributed by atoms with E-state index in [4.69, 9.17) is 5.73 Å². The summed E-state index contributed by atoms with van der Waals surface area (Å²) in [5.41, 5.74) is 6.76. The summed E-state index contributed by atoms with van der Waals surface area (Å²) in [7, 11) is -0.710. The highest BCUT2D eigenvalue weighted by atomic mass is 79.9. The van der Waals surface area contributed by atoms with Gasteiger partial charge in [0.15, 0.2) is 0 Å². The number of carbonyl (C=O) groups is 1. The summed E-state index contributed by atoms with van der Waals surface area (Å²) in [5.74, 6) is 1.18. The van der Waals surface area contributed by atoms with Crippen LogP contribution in [0.3, 0.4) is 0 Å². The first kappa shape index (κ1) is 13.5. The number of benzene rings is 1. The number of nitrogen functional groups attached to an aromatic ring is 1. The second-order valence-electron chi connectivity index (χ2n) is 4.33. The van der Waals surface area contributed by atoms with E-state index in [1.54, 1.807) is 18.2 Å². The average Bonchev–Trinajstić information content (AvgIpc) is 2.32. The Labute approximate surface area is 117 Å². The van der Waals surface area contributed by atoms with E-state index in [1.807, 2.05) is 0 Å². The lowest BCUT2D eigenvalue weighted by Crippen LogP contribution is -2.39. The van der Waals surface area contributed by atoms with Crippen LogP contribution in [0.25, 0.3) is 0 Å². The van der Waals surface area contributed by atoms with E-state index in [0.717, 1.165) is 17.3 Å². The van der Waals surface area contributed by atoms with Crippen molar-refractivity contribution in [2.75, 3.05) is 17.2 Å².